The third-order valence-corrected chi connectivity index (χ3v) is 6.32. The minimum absolute atomic E-state index is 0.235. The molecule has 0 atom stereocenters. The zero-order valence-corrected chi connectivity index (χ0v) is 18.5. The largest absolute Gasteiger partial charge is 0.507 e. The Kier molecular flexibility index (Phi) is 5.83. The Bertz CT molecular complexity index is 1260. The van der Waals surface area contributed by atoms with Crippen LogP contribution in [0.1, 0.15) is 43.1 Å². The highest BCUT2D eigenvalue weighted by molar-refractivity contribution is 5.85. The molecule has 1 saturated carbocycles. The number of hydrogen-bond acceptors (Lipinski definition) is 7. The number of anilines is 2. The summed E-state index contributed by atoms with van der Waals surface area (Å²) in [5.41, 5.74) is 16.3. The third kappa shape index (κ3) is 4.21. The molecule has 2 aromatic carbocycles. The van der Waals surface area contributed by atoms with Crippen molar-refractivity contribution < 1.29 is 5.11 Å². The Morgan fingerprint density at radius 1 is 1.00 bits per heavy atom. The van der Waals surface area contributed by atoms with Crippen LogP contribution in [0.2, 0.25) is 0 Å². The van der Waals surface area contributed by atoms with E-state index in [1.807, 2.05) is 42.5 Å². The summed E-state index contributed by atoms with van der Waals surface area (Å²) in [7, 11) is 0. The van der Waals surface area contributed by atoms with E-state index in [1.165, 1.54) is 12.8 Å². The molecule has 2 heterocycles. The van der Waals surface area contributed by atoms with Gasteiger partial charge < -0.3 is 26.5 Å². The Labute approximate surface area is 192 Å². The lowest BCUT2D eigenvalue weighted by molar-refractivity contribution is 0.477. The number of para-hydroxylation sites is 1. The van der Waals surface area contributed by atoms with Gasteiger partial charge in [-0.05, 0) is 36.6 Å². The van der Waals surface area contributed by atoms with E-state index < -0.39 is 0 Å². The highest BCUT2D eigenvalue weighted by Gasteiger charge is 2.25. The number of phenolic OH excluding ortho intramolecular Hbond substituents is 1. The minimum atomic E-state index is 0.235. The van der Waals surface area contributed by atoms with Gasteiger partial charge in [0.2, 0.25) is 5.95 Å². The van der Waals surface area contributed by atoms with Crippen molar-refractivity contribution in [3.05, 3.63) is 59.9 Å². The van der Waals surface area contributed by atoms with Gasteiger partial charge >= 0.3 is 0 Å². The third-order valence-electron chi connectivity index (χ3n) is 6.32. The molecule has 8 heteroatoms. The van der Waals surface area contributed by atoms with Crippen LogP contribution in [-0.2, 0) is 13.0 Å². The predicted octanol–water partition coefficient (Wildman–Crippen LogP) is 4.01. The van der Waals surface area contributed by atoms with Gasteiger partial charge in [0.15, 0.2) is 17.0 Å². The number of benzene rings is 2. The van der Waals surface area contributed by atoms with Crippen LogP contribution < -0.4 is 16.8 Å². The number of nitrogens with zero attached hydrogens (tertiary/aromatic N) is 4. The molecule has 0 aliphatic heterocycles. The number of nitrogens with one attached hydrogen (secondary N) is 1. The Morgan fingerprint density at radius 2 is 1.76 bits per heavy atom. The van der Waals surface area contributed by atoms with Crippen LogP contribution in [0, 0.1) is 0 Å². The average Bonchev–Trinajstić information content (AvgIpc) is 3.46. The summed E-state index contributed by atoms with van der Waals surface area (Å²) in [6.45, 7) is 1.10. The van der Waals surface area contributed by atoms with Crippen molar-refractivity contribution in [1.29, 1.82) is 0 Å². The molecule has 1 aliphatic carbocycles. The maximum atomic E-state index is 10.1. The monoisotopic (exact) mass is 443 g/mol. The fraction of sp³-hybridized carbons (Fsp3) is 0.320. The van der Waals surface area contributed by atoms with E-state index in [0.29, 0.717) is 31.4 Å². The first-order valence-corrected chi connectivity index (χ1v) is 11.5. The molecule has 0 radical (unpaired) electrons. The summed E-state index contributed by atoms with van der Waals surface area (Å²) in [5.74, 6) is 2.10. The number of aromatic hydroxyl groups is 1. The van der Waals surface area contributed by atoms with E-state index in [-0.39, 0.29) is 11.7 Å². The molecule has 0 bridgehead atoms. The molecule has 33 heavy (non-hydrogen) atoms. The summed E-state index contributed by atoms with van der Waals surface area (Å²) in [5, 5.41) is 13.5. The van der Waals surface area contributed by atoms with Gasteiger partial charge in [0.05, 0.1) is 0 Å². The number of rotatable bonds is 7. The van der Waals surface area contributed by atoms with Gasteiger partial charge in [-0.3, -0.25) is 0 Å². The van der Waals surface area contributed by atoms with Crippen LogP contribution in [0.3, 0.4) is 0 Å². The molecule has 170 valence electrons. The maximum Gasteiger partial charge on any atom is 0.224 e. The Hall–Kier alpha value is -3.65. The van der Waals surface area contributed by atoms with Gasteiger partial charge in [-0.2, -0.15) is 9.97 Å². The zero-order valence-electron chi connectivity index (χ0n) is 18.5. The zero-order chi connectivity index (χ0) is 22.8. The number of nitrogens with two attached hydrogens (primary N) is 2. The van der Waals surface area contributed by atoms with Crippen molar-refractivity contribution in [3.8, 4) is 16.9 Å². The van der Waals surface area contributed by atoms with Crippen molar-refractivity contribution in [2.45, 2.75) is 44.7 Å². The number of phenols is 1. The Morgan fingerprint density at radius 3 is 2.48 bits per heavy atom. The number of fused-ring (bicyclic) bond motifs is 1. The van der Waals surface area contributed by atoms with E-state index in [0.717, 1.165) is 46.5 Å². The quantitative estimate of drug-likeness (QED) is 0.340. The first kappa shape index (κ1) is 21.2. The summed E-state index contributed by atoms with van der Waals surface area (Å²) in [6.07, 6.45) is 5.38. The standard InChI is InChI=1S/C25H29N7O/c26-14-13-21-29-22-23(30-25(27)31-24(22)32(21)18-5-1-2-6-18)28-15-16-9-11-17(12-10-16)19-7-3-4-8-20(19)33/h3-4,7-12,18,33H,1-2,5-6,13-15,26H2,(H3,27,28,30,31). The summed E-state index contributed by atoms with van der Waals surface area (Å²) in [6, 6.07) is 15.8. The lowest BCUT2D eigenvalue weighted by Gasteiger charge is -2.15. The lowest BCUT2D eigenvalue weighted by Crippen LogP contribution is -2.14. The second kappa shape index (κ2) is 9.07. The van der Waals surface area contributed by atoms with Crippen LogP contribution >= 0.6 is 0 Å². The number of nitrogen functional groups attached to an aromatic ring is 1. The first-order valence-electron chi connectivity index (χ1n) is 11.5. The molecule has 1 fully saturated rings. The van der Waals surface area contributed by atoms with E-state index >= 15 is 0 Å². The van der Waals surface area contributed by atoms with E-state index in [9.17, 15) is 5.11 Å². The Balaban J connectivity index is 1.42. The van der Waals surface area contributed by atoms with E-state index in [2.05, 4.69) is 19.9 Å². The molecule has 4 aromatic rings. The van der Waals surface area contributed by atoms with Crippen molar-refractivity contribution in [2.24, 2.45) is 5.73 Å². The van der Waals surface area contributed by atoms with Crippen molar-refractivity contribution in [1.82, 2.24) is 19.5 Å². The molecular formula is C25H29N7O. The van der Waals surface area contributed by atoms with Gasteiger partial charge in [-0.15, -0.1) is 0 Å². The molecule has 6 N–H and O–H groups in total. The average molecular weight is 444 g/mol. The number of aromatic nitrogens is 4. The second-order valence-corrected chi connectivity index (χ2v) is 8.55. The maximum absolute atomic E-state index is 10.1. The molecule has 2 aromatic heterocycles. The summed E-state index contributed by atoms with van der Waals surface area (Å²) in [4.78, 5) is 13.9. The number of imidazole rings is 1. The summed E-state index contributed by atoms with van der Waals surface area (Å²) >= 11 is 0. The fourth-order valence-corrected chi connectivity index (χ4v) is 4.72. The van der Waals surface area contributed by atoms with Gasteiger partial charge in [-0.25, -0.2) is 4.98 Å². The first-order chi connectivity index (χ1) is 16.1. The second-order valence-electron chi connectivity index (χ2n) is 8.55. The van der Waals surface area contributed by atoms with Gasteiger partial charge in [0, 0.05) is 24.6 Å². The smallest absolute Gasteiger partial charge is 0.224 e. The molecular weight excluding hydrogens is 414 g/mol. The summed E-state index contributed by atoms with van der Waals surface area (Å²) < 4.78 is 2.24. The van der Waals surface area contributed by atoms with Crippen LogP contribution in [0.5, 0.6) is 5.75 Å². The molecule has 1 aliphatic rings. The minimum Gasteiger partial charge on any atom is -0.507 e. The van der Waals surface area contributed by atoms with Crippen molar-refractivity contribution in [3.63, 3.8) is 0 Å². The highest BCUT2D eigenvalue weighted by atomic mass is 16.3. The van der Waals surface area contributed by atoms with Crippen LogP contribution in [0.25, 0.3) is 22.3 Å². The molecule has 0 spiro atoms. The van der Waals surface area contributed by atoms with Crippen molar-refractivity contribution >= 4 is 22.9 Å². The molecule has 5 rings (SSSR count). The van der Waals surface area contributed by atoms with Crippen LogP contribution in [-0.4, -0.2) is 31.2 Å². The predicted molar refractivity (Wildman–Crippen MR) is 131 cm³/mol. The number of hydrogen-bond donors (Lipinski definition) is 4. The topological polar surface area (TPSA) is 128 Å². The SMILES string of the molecule is NCCc1nc2c(NCc3ccc(-c4ccccc4O)cc3)nc(N)nc2n1C1CCCC1. The van der Waals surface area contributed by atoms with Gasteiger partial charge in [-0.1, -0.05) is 55.3 Å². The fourth-order valence-electron chi connectivity index (χ4n) is 4.72. The molecule has 0 saturated heterocycles. The van der Waals surface area contributed by atoms with E-state index in [4.69, 9.17) is 16.5 Å². The molecule has 0 unspecified atom stereocenters. The van der Waals surface area contributed by atoms with Crippen LogP contribution in [0.4, 0.5) is 11.8 Å². The lowest BCUT2D eigenvalue weighted by atomic mass is 10.0. The van der Waals surface area contributed by atoms with E-state index in [1.54, 1.807) is 6.07 Å². The highest BCUT2D eigenvalue weighted by Crippen LogP contribution is 2.35. The molecule has 0 amide bonds. The molecule has 8 nitrogen and oxygen atoms in total. The van der Waals surface area contributed by atoms with Crippen molar-refractivity contribution in [2.75, 3.05) is 17.6 Å². The van der Waals surface area contributed by atoms with Crippen LogP contribution in [0.15, 0.2) is 48.5 Å². The van der Waals surface area contributed by atoms with Gasteiger partial charge in [0.1, 0.15) is 11.6 Å². The van der Waals surface area contributed by atoms with Gasteiger partial charge in [0.25, 0.3) is 0 Å². The normalized spacial score (nSPS) is 14.2.